The van der Waals surface area contributed by atoms with Crippen LogP contribution in [0.15, 0.2) is 24.3 Å². The Morgan fingerprint density at radius 3 is 2.65 bits per heavy atom. The van der Waals surface area contributed by atoms with Crippen LogP contribution in [0.2, 0.25) is 0 Å². The Kier molecular flexibility index (Phi) is 3.67. The third-order valence-electron chi connectivity index (χ3n) is 4.01. The van der Waals surface area contributed by atoms with Crippen molar-refractivity contribution in [3.05, 3.63) is 29.8 Å². The van der Waals surface area contributed by atoms with E-state index >= 15 is 0 Å². The molecular formula is C14H20N2S. The van der Waals surface area contributed by atoms with E-state index < -0.39 is 0 Å². The van der Waals surface area contributed by atoms with E-state index in [4.69, 9.17) is 18.0 Å². The van der Waals surface area contributed by atoms with Crippen LogP contribution in [0.1, 0.15) is 38.2 Å². The van der Waals surface area contributed by atoms with Crippen molar-refractivity contribution in [1.82, 2.24) is 0 Å². The Balaban J connectivity index is 2.06. The van der Waals surface area contributed by atoms with Crippen LogP contribution in [0.4, 0.5) is 5.69 Å². The van der Waals surface area contributed by atoms with E-state index in [0.29, 0.717) is 10.4 Å². The van der Waals surface area contributed by atoms with Gasteiger partial charge in [0.1, 0.15) is 4.99 Å². The number of nitrogens with one attached hydrogen (secondary N) is 1. The molecule has 1 saturated carbocycles. The highest BCUT2D eigenvalue weighted by Crippen LogP contribution is 2.43. The van der Waals surface area contributed by atoms with Gasteiger partial charge in [-0.2, -0.15) is 0 Å². The maximum atomic E-state index is 5.72. The fourth-order valence-corrected chi connectivity index (χ4v) is 2.64. The molecule has 0 spiro atoms. The van der Waals surface area contributed by atoms with Gasteiger partial charge in [-0.05, 0) is 36.8 Å². The molecule has 92 valence electrons. The third-order valence-corrected chi connectivity index (χ3v) is 4.23. The summed E-state index contributed by atoms with van der Waals surface area (Å²) < 4.78 is 0. The minimum absolute atomic E-state index is 0.465. The van der Waals surface area contributed by atoms with E-state index in [1.807, 2.05) is 18.2 Å². The van der Waals surface area contributed by atoms with Gasteiger partial charge in [0.05, 0.1) is 0 Å². The van der Waals surface area contributed by atoms with Crippen LogP contribution < -0.4 is 11.1 Å². The van der Waals surface area contributed by atoms with Crippen molar-refractivity contribution in [3.63, 3.8) is 0 Å². The van der Waals surface area contributed by atoms with Gasteiger partial charge in [-0.15, -0.1) is 0 Å². The molecule has 2 nitrogen and oxygen atoms in total. The van der Waals surface area contributed by atoms with Gasteiger partial charge >= 0.3 is 0 Å². The van der Waals surface area contributed by atoms with E-state index in [1.165, 1.54) is 25.7 Å². The van der Waals surface area contributed by atoms with E-state index in [9.17, 15) is 0 Å². The van der Waals surface area contributed by atoms with Gasteiger partial charge in [0, 0.05) is 17.8 Å². The van der Waals surface area contributed by atoms with Crippen molar-refractivity contribution in [2.24, 2.45) is 11.1 Å². The molecule has 2 rings (SSSR count). The number of thiocarbonyl (C=S) groups is 1. The van der Waals surface area contributed by atoms with Crippen LogP contribution in [-0.4, -0.2) is 11.5 Å². The number of hydrogen-bond acceptors (Lipinski definition) is 2. The highest BCUT2D eigenvalue weighted by molar-refractivity contribution is 7.80. The lowest BCUT2D eigenvalue weighted by Gasteiger charge is -2.41. The summed E-state index contributed by atoms with van der Waals surface area (Å²) in [7, 11) is 0. The average molecular weight is 248 g/mol. The van der Waals surface area contributed by atoms with Gasteiger partial charge in [0.2, 0.25) is 0 Å². The third kappa shape index (κ3) is 2.60. The second kappa shape index (κ2) is 5.05. The molecule has 0 unspecified atom stereocenters. The molecule has 1 aliphatic rings. The van der Waals surface area contributed by atoms with Gasteiger partial charge in [-0.1, -0.05) is 37.7 Å². The van der Waals surface area contributed by atoms with Gasteiger partial charge in [-0.3, -0.25) is 0 Å². The molecule has 0 amide bonds. The number of rotatable bonds is 5. The van der Waals surface area contributed by atoms with E-state index in [1.54, 1.807) is 0 Å². The predicted octanol–water partition coefficient (Wildman–Crippen LogP) is 3.31. The summed E-state index contributed by atoms with van der Waals surface area (Å²) in [5.74, 6) is 0. The van der Waals surface area contributed by atoms with Crippen LogP contribution in [0.5, 0.6) is 0 Å². The van der Waals surface area contributed by atoms with Crippen molar-refractivity contribution in [3.8, 4) is 0 Å². The first kappa shape index (κ1) is 12.4. The first-order valence-electron chi connectivity index (χ1n) is 6.30. The Bertz CT molecular complexity index is 405. The monoisotopic (exact) mass is 248 g/mol. The molecule has 3 N–H and O–H groups in total. The molecule has 0 aromatic heterocycles. The molecule has 0 atom stereocenters. The van der Waals surface area contributed by atoms with Crippen LogP contribution in [0.25, 0.3) is 0 Å². The molecule has 1 aromatic rings. The largest absolute Gasteiger partial charge is 0.389 e. The van der Waals surface area contributed by atoms with Gasteiger partial charge < -0.3 is 11.1 Å². The molecule has 0 heterocycles. The first-order valence-corrected chi connectivity index (χ1v) is 6.70. The Hall–Kier alpha value is -1.09. The van der Waals surface area contributed by atoms with E-state index in [2.05, 4.69) is 18.3 Å². The standard InChI is InChI=1S/C14H20N2S/c1-2-14(8-5-9-14)10-16-12-7-4-3-6-11(12)13(15)17/h3-4,6-7,16H,2,5,8-10H2,1H3,(H2,15,17). The smallest absolute Gasteiger partial charge is 0.106 e. The lowest BCUT2D eigenvalue weighted by molar-refractivity contribution is 0.145. The first-order chi connectivity index (χ1) is 8.17. The van der Waals surface area contributed by atoms with Crippen molar-refractivity contribution in [1.29, 1.82) is 0 Å². The minimum Gasteiger partial charge on any atom is -0.389 e. The fraction of sp³-hybridized carbons (Fsp3) is 0.500. The highest BCUT2D eigenvalue weighted by atomic mass is 32.1. The van der Waals surface area contributed by atoms with Crippen LogP contribution in [-0.2, 0) is 0 Å². The normalized spacial score (nSPS) is 17.2. The summed E-state index contributed by atoms with van der Waals surface area (Å²) in [6.07, 6.45) is 5.29. The molecule has 3 heteroatoms. The molecule has 1 aliphatic carbocycles. The average Bonchev–Trinajstić information content (AvgIpc) is 2.28. The molecule has 0 radical (unpaired) electrons. The summed E-state index contributed by atoms with van der Waals surface area (Å²) in [5.41, 5.74) is 8.25. The lowest BCUT2D eigenvalue weighted by Crippen LogP contribution is -2.36. The molecule has 1 fully saturated rings. The quantitative estimate of drug-likeness (QED) is 0.785. The molecule has 0 aliphatic heterocycles. The fourth-order valence-electron chi connectivity index (χ4n) is 2.47. The van der Waals surface area contributed by atoms with Crippen LogP contribution in [0, 0.1) is 5.41 Å². The summed E-state index contributed by atoms with van der Waals surface area (Å²) in [5, 5.41) is 3.52. The summed E-state index contributed by atoms with van der Waals surface area (Å²) in [6.45, 7) is 3.31. The second-order valence-corrected chi connectivity index (χ2v) is 5.41. The van der Waals surface area contributed by atoms with Crippen molar-refractivity contribution >= 4 is 22.9 Å². The number of para-hydroxylation sites is 1. The van der Waals surface area contributed by atoms with Crippen molar-refractivity contribution < 1.29 is 0 Å². The van der Waals surface area contributed by atoms with Crippen molar-refractivity contribution in [2.45, 2.75) is 32.6 Å². The highest BCUT2D eigenvalue weighted by Gasteiger charge is 2.34. The van der Waals surface area contributed by atoms with Gasteiger partial charge in [0.25, 0.3) is 0 Å². The molecule has 0 saturated heterocycles. The zero-order valence-corrected chi connectivity index (χ0v) is 11.1. The Morgan fingerprint density at radius 2 is 2.12 bits per heavy atom. The summed E-state index contributed by atoms with van der Waals surface area (Å²) in [4.78, 5) is 0.465. The number of anilines is 1. The SMILES string of the molecule is CCC1(CNc2ccccc2C(N)=S)CCC1. The topological polar surface area (TPSA) is 38.0 Å². The zero-order valence-electron chi connectivity index (χ0n) is 10.3. The van der Waals surface area contributed by atoms with Gasteiger partial charge in [-0.25, -0.2) is 0 Å². The molecule has 0 bridgehead atoms. The lowest BCUT2D eigenvalue weighted by atomic mass is 9.67. The minimum atomic E-state index is 0.465. The zero-order chi connectivity index (χ0) is 12.3. The van der Waals surface area contributed by atoms with E-state index in [-0.39, 0.29) is 0 Å². The molecule has 1 aromatic carbocycles. The maximum Gasteiger partial charge on any atom is 0.106 e. The second-order valence-electron chi connectivity index (χ2n) is 4.97. The predicted molar refractivity (Wildman–Crippen MR) is 77.4 cm³/mol. The van der Waals surface area contributed by atoms with Crippen LogP contribution >= 0.6 is 12.2 Å². The van der Waals surface area contributed by atoms with Crippen LogP contribution in [0.3, 0.4) is 0 Å². The molecule has 17 heavy (non-hydrogen) atoms. The van der Waals surface area contributed by atoms with Gasteiger partial charge in [0.15, 0.2) is 0 Å². The summed E-state index contributed by atoms with van der Waals surface area (Å²) in [6, 6.07) is 8.02. The van der Waals surface area contributed by atoms with Crippen molar-refractivity contribution in [2.75, 3.05) is 11.9 Å². The summed E-state index contributed by atoms with van der Waals surface area (Å²) >= 11 is 5.07. The molecular weight excluding hydrogens is 228 g/mol. The maximum absolute atomic E-state index is 5.72. The Morgan fingerprint density at radius 1 is 1.41 bits per heavy atom. The number of benzene rings is 1. The number of hydrogen-bond donors (Lipinski definition) is 2. The van der Waals surface area contributed by atoms with E-state index in [0.717, 1.165) is 17.8 Å². The Labute approximate surface area is 109 Å². The number of nitrogens with two attached hydrogens (primary N) is 1.